The summed E-state index contributed by atoms with van der Waals surface area (Å²) in [5.74, 6) is 0.287. The number of anilines is 3. The molecular weight excluding hydrogens is 256 g/mol. The minimum atomic E-state index is -0.461. The number of ether oxygens (including phenoxy) is 2. The number of methoxy groups -OCH3 is 2. The first-order valence-electron chi connectivity index (χ1n) is 6.03. The Balaban J connectivity index is 2.27. The van der Waals surface area contributed by atoms with Gasteiger partial charge in [0.15, 0.2) is 0 Å². The van der Waals surface area contributed by atoms with E-state index in [-0.39, 0.29) is 0 Å². The fraction of sp³-hybridized carbons (Fsp3) is 0.133. The summed E-state index contributed by atoms with van der Waals surface area (Å²) >= 11 is 0. The number of esters is 1. The van der Waals surface area contributed by atoms with Crippen molar-refractivity contribution in [1.29, 1.82) is 0 Å². The van der Waals surface area contributed by atoms with Crippen LogP contribution in [0.2, 0.25) is 0 Å². The van der Waals surface area contributed by atoms with Crippen molar-refractivity contribution in [1.82, 2.24) is 0 Å². The van der Waals surface area contributed by atoms with Gasteiger partial charge in [-0.15, -0.1) is 0 Å². The number of hydrogen-bond acceptors (Lipinski definition) is 5. The minimum absolute atomic E-state index is 0.334. The van der Waals surface area contributed by atoms with Gasteiger partial charge in [-0.2, -0.15) is 0 Å². The molecule has 2 aromatic rings. The number of nitrogen functional groups attached to an aromatic ring is 1. The molecule has 0 aromatic heterocycles. The van der Waals surface area contributed by atoms with Crippen molar-refractivity contribution in [2.75, 3.05) is 25.3 Å². The Kier molecular flexibility index (Phi) is 4.10. The van der Waals surface area contributed by atoms with Gasteiger partial charge < -0.3 is 20.5 Å². The van der Waals surface area contributed by atoms with Crippen LogP contribution < -0.4 is 15.8 Å². The van der Waals surface area contributed by atoms with Crippen molar-refractivity contribution in [2.24, 2.45) is 0 Å². The zero-order chi connectivity index (χ0) is 14.5. The molecule has 0 unspecified atom stereocenters. The topological polar surface area (TPSA) is 73.6 Å². The van der Waals surface area contributed by atoms with Crippen molar-refractivity contribution in [2.45, 2.75) is 0 Å². The number of benzene rings is 2. The molecule has 0 atom stereocenters. The lowest BCUT2D eigenvalue weighted by Crippen LogP contribution is -2.06. The van der Waals surface area contributed by atoms with E-state index in [1.165, 1.54) is 7.11 Å². The fourth-order valence-electron chi connectivity index (χ4n) is 1.79. The molecule has 2 rings (SSSR count). The van der Waals surface area contributed by atoms with Crippen LogP contribution in [0.25, 0.3) is 0 Å². The lowest BCUT2D eigenvalue weighted by atomic mass is 10.1. The number of carbonyl (C=O) groups is 1. The molecule has 0 aliphatic rings. The van der Waals surface area contributed by atoms with Crippen LogP contribution in [0.15, 0.2) is 42.5 Å². The van der Waals surface area contributed by atoms with Crippen molar-refractivity contribution in [3.05, 3.63) is 48.0 Å². The van der Waals surface area contributed by atoms with E-state index in [1.807, 2.05) is 24.3 Å². The Morgan fingerprint density at radius 3 is 2.55 bits per heavy atom. The van der Waals surface area contributed by atoms with Crippen molar-refractivity contribution < 1.29 is 14.3 Å². The summed E-state index contributed by atoms with van der Waals surface area (Å²) in [4.78, 5) is 11.6. The average molecular weight is 272 g/mol. The maximum absolute atomic E-state index is 11.6. The molecule has 0 saturated carbocycles. The first-order chi connectivity index (χ1) is 9.63. The van der Waals surface area contributed by atoms with Gasteiger partial charge in [0.2, 0.25) is 0 Å². The van der Waals surface area contributed by atoms with Gasteiger partial charge in [0.25, 0.3) is 0 Å². The van der Waals surface area contributed by atoms with Gasteiger partial charge in [0.1, 0.15) is 5.75 Å². The maximum atomic E-state index is 11.6. The molecule has 20 heavy (non-hydrogen) atoms. The van der Waals surface area contributed by atoms with Crippen LogP contribution >= 0.6 is 0 Å². The summed E-state index contributed by atoms with van der Waals surface area (Å²) < 4.78 is 9.85. The van der Waals surface area contributed by atoms with E-state index >= 15 is 0 Å². The molecule has 0 bridgehead atoms. The molecule has 5 nitrogen and oxygen atoms in total. The highest BCUT2D eigenvalue weighted by atomic mass is 16.5. The predicted molar refractivity (Wildman–Crippen MR) is 78.5 cm³/mol. The number of nitrogens with two attached hydrogens (primary N) is 1. The highest BCUT2D eigenvalue weighted by molar-refractivity contribution is 5.96. The average Bonchev–Trinajstić information content (AvgIpc) is 2.48. The number of hydrogen-bond donors (Lipinski definition) is 2. The molecule has 0 aliphatic heterocycles. The Bertz CT molecular complexity index is 626. The number of rotatable bonds is 4. The van der Waals surface area contributed by atoms with E-state index in [4.69, 9.17) is 15.2 Å². The van der Waals surface area contributed by atoms with E-state index < -0.39 is 5.97 Å². The zero-order valence-corrected chi connectivity index (χ0v) is 11.3. The largest absolute Gasteiger partial charge is 0.497 e. The van der Waals surface area contributed by atoms with Crippen LogP contribution in [0.4, 0.5) is 17.1 Å². The van der Waals surface area contributed by atoms with Gasteiger partial charge in [-0.3, -0.25) is 0 Å². The van der Waals surface area contributed by atoms with Gasteiger partial charge in [-0.25, -0.2) is 4.79 Å². The van der Waals surface area contributed by atoms with Gasteiger partial charge in [0.05, 0.1) is 19.8 Å². The molecule has 2 aromatic carbocycles. The quantitative estimate of drug-likeness (QED) is 0.661. The van der Waals surface area contributed by atoms with Crippen LogP contribution in [0.1, 0.15) is 10.4 Å². The first-order valence-corrected chi connectivity index (χ1v) is 6.03. The van der Waals surface area contributed by atoms with Crippen LogP contribution in [0.5, 0.6) is 5.75 Å². The monoisotopic (exact) mass is 272 g/mol. The van der Waals surface area contributed by atoms with Crippen LogP contribution in [-0.4, -0.2) is 20.2 Å². The summed E-state index contributed by atoms with van der Waals surface area (Å²) in [6.45, 7) is 0. The molecule has 5 heteroatoms. The lowest BCUT2D eigenvalue weighted by Gasteiger charge is -2.10. The normalized spacial score (nSPS) is 9.90. The maximum Gasteiger partial charge on any atom is 0.340 e. The number of nitrogens with one attached hydrogen (secondary N) is 1. The molecule has 3 N–H and O–H groups in total. The lowest BCUT2D eigenvalue weighted by molar-refractivity contribution is 0.0602. The number of carbonyl (C=O) groups excluding carboxylic acids is 1. The third kappa shape index (κ3) is 3.00. The molecular formula is C15H16N2O3. The van der Waals surface area contributed by atoms with Gasteiger partial charge >= 0.3 is 5.97 Å². The van der Waals surface area contributed by atoms with Crippen molar-refractivity contribution in [3.63, 3.8) is 0 Å². The molecule has 0 aliphatic carbocycles. The molecule has 0 amide bonds. The smallest absolute Gasteiger partial charge is 0.340 e. The third-order valence-corrected chi connectivity index (χ3v) is 2.82. The second-order valence-corrected chi connectivity index (χ2v) is 4.15. The second kappa shape index (κ2) is 5.97. The molecule has 0 radical (unpaired) electrons. The van der Waals surface area contributed by atoms with Crippen molar-refractivity contribution in [3.8, 4) is 5.75 Å². The highest BCUT2D eigenvalue weighted by Gasteiger charge is 2.10. The third-order valence-electron chi connectivity index (χ3n) is 2.82. The fourth-order valence-corrected chi connectivity index (χ4v) is 1.79. The molecule has 0 fully saturated rings. The van der Waals surface area contributed by atoms with Gasteiger partial charge in [0, 0.05) is 23.1 Å². The minimum Gasteiger partial charge on any atom is -0.497 e. The Morgan fingerprint density at radius 2 is 1.85 bits per heavy atom. The Morgan fingerprint density at radius 1 is 1.10 bits per heavy atom. The molecule has 0 spiro atoms. The summed E-state index contributed by atoms with van der Waals surface area (Å²) in [6.07, 6.45) is 0. The van der Waals surface area contributed by atoms with E-state index in [9.17, 15) is 4.79 Å². The summed E-state index contributed by atoms with van der Waals surface area (Å²) in [6, 6.07) is 12.6. The Hall–Kier alpha value is -2.69. The second-order valence-electron chi connectivity index (χ2n) is 4.15. The zero-order valence-electron chi connectivity index (χ0n) is 11.3. The van der Waals surface area contributed by atoms with E-state index in [0.717, 1.165) is 17.1 Å². The standard InChI is InChI=1S/C15H16N2O3/c1-19-12-5-3-4-10(8-12)17-11-6-7-14(16)13(9-11)15(18)20-2/h3-9,17H,16H2,1-2H3. The van der Waals surface area contributed by atoms with Gasteiger partial charge in [-0.05, 0) is 30.3 Å². The molecule has 0 heterocycles. The Labute approximate surface area is 117 Å². The molecule has 104 valence electrons. The van der Waals surface area contributed by atoms with E-state index in [2.05, 4.69) is 5.32 Å². The van der Waals surface area contributed by atoms with E-state index in [0.29, 0.717) is 11.3 Å². The van der Waals surface area contributed by atoms with Crippen LogP contribution in [0.3, 0.4) is 0 Å². The summed E-state index contributed by atoms with van der Waals surface area (Å²) in [5.41, 5.74) is 8.07. The van der Waals surface area contributed by atoms with Gasteiger partial charge in [-0.1, -0.05) is 6.07 Å². The first kappa shape index (κ1) is 13.7. The predicted octanol–water partition coefficient (Wildman–Crippen LogP) is 2.81. The van der Waals surface area contributed by atoms with Crippen LogP contribution in [-0.2, 0) is 4.74 Å². The highest BCUT2D eigenvalue weighted by Crippen LogP contribution is 2.24. The van der Waals surface area contributed by atoms with Crippen LogP contribution in [0, 0.1) is 0 Å². The van der Waals surface area contributed by atoms with Crippen molar-refractivity contribution >= 4 is 23.0 Å². The summed E-state index contributed by atoms with van der Waals surface area (Å²) in [7, 11) is 2.93. The van der Waals surface area contributed by atoms with E-state index in [1.54, 1.807) is 25.3 Å². The summed E-state index contributed by atoms with van der Waals surface area (Å²) in [5, 5.41) is 3.18. The molecule has 0 saturated heterocycles. The SMILES string of the molecule is COC(=O)c1cc(Nc2cccc(OC)c2)ccc1N.